The van der Waals surface area contributed by atoms with Crippen molar-refractivity contribution in [3.8, 4) is 0 Å². The second-order valence-electron chi connectivity index (χ2n) is 7.28. The van der Waals surface area contributed by atoms with Gasteiger partial charge in [-0.2, -0.15) is 5.10 Å². The summed E-state index contributed by atoms with van der Waals surface area (Å²) in [6.07, 6.45) is 1.76. The van der Waals surface area contributed by atoms with Crippen LogP contribution in [-0.4, -0.2) is 62.6 Å². The Morgan fingerprint density at radius 1 is 1.11 bits per heavy atom. The van der Waals surface area contributed by atoms with Gasteiger partial charge in [0.2, 0.25) is 0 Å². The number of rotatable bonds is 3. The van der Waals surface area contributed by atoms with Gasteiger partial charge in [0, 0.05) is 37.6 Å². The summed E-state index contributed by atoms with van der Waals surface area (Å²) in [7, 11) is 0. The van der Waals surface area contributed by atoms with E-state index < -0.39 is 0 Å². The lowest BCUT2D eigenvalue weighted by molar-refractivity contribution is 0.0537. The molecule has 3 aromatic heterocycles. The Hall–Kier alpha value is -2.74. The molecule has 2 amide bonds. The van der Waals surface area contributed by atoms with E-state index in [1.54, 1.807) is 11.1 Å². The molecule has 0 N–H and O–H groups in total. The second kappa shape index (κ2) is 7.35. The minimum atomic E-state index is -0.0348. The van der Waals surface area contributed by atoms with Crippen LogP contribution < -0.4 is 0 Å². The first-order valence-corrected chi connectivity index (χ1v) is 10.3. The van der Waals surface area contributed by atoms with Gasteiger partial charge in [-0.1, -0.05) is 6.07 Å². The minimum Gasteiger partial charge on any atom is -0.335 e. The number of amides is 2. The first kappa shape index (κ1) is 18.6. The largest absolute Gasteiger partial charge is 0.335 e. The predicted octanol–water partition coefficient (Wildman–Crippen LogP) is 2.98. The molecular formula is C20H23N5O2S. The molecular weight excluding hydrogens is 374 g/mol. The average molecular weight is 398 g/mol. The molecule has 7 nitrogen and oxygen atoms in total. The smallest absolute Gasteiger partial charge is 0.264 e. The van der Waals surface area contributed by atoms with Gasteiger partial charge in [-0.3, -0.25) is 9.59 Å². The van der Waals surface area contributed by atoms with Crippen LogP contribution in [0, 0.1) is 6.92 Å². The summed E-state index contributed by atoms with van der Waals surface area (Å²) < 4.78 is 1.87. The molecule has 0 spiro atoms. The molecule has 1 fully saturated rings. The Morgan fingerprint density at radius 2 is 1.79 bits per heavy atom. The van der Waals surface area contributed by atoms with Crippen molar-refractivity contribution >= 4 is 34.2 Å². The number of thiophene rings is 1. The van der Waals surface area contributed by atoms with Gasteiger partial charge in [-0.15, -0.1) is 11.3 Å². The van der Waals surface area contributed by atoms with Crippen molar-refractivity contribution in [1.29, 1.82) is 0 Å². The SMILES string of the molecule is Cc1nc2c(cnn2C(C)C)cc1C(=O)N1CCN(C(=O)c2cccs2)CC1. The van der Waals surface area contributed by atoms with Gasteiger partial charge in [-0.05, 0) is 38.3 Å². The van der Waals surface area contributed by atoms with Crippen LogP contribution in [0.5, 0.6) is 0 Å². The number of carbonyl (C=O) groups is 2. The van der Waals surface area contributed by atoms with E-state index in [0.29, 0.717) is 37.4 Å². The number of hydrogen-bond acceptors (Lipinski definition) is 5. The van der Waals surface area contributed by atoms with Crippen LogP contribution in [0.1, 0.15) is 45.6 Å². The molecule has 1 saturated heterocycles. The van der Waals surface area contributed by atoms with E-state index in [1.165, 1.54) is 11.3 Å². The molecule has 0 aliphatic carbocycles. The fourth-order valence-corrected chi connectivity index (χ4v) is 4.19. The lowest BCUT2D eigenvalue weighted by Gasteiger charge is -2.34. The number of aromatic nitrogens is 3. The highest BCUT2D eigenvalue weighted by Crippen LogP contribution is 2.21. The zero-order valence-corrected chi connectivity index (χ0v) is 17.1. The Morgan fingerprint density at radius 3 is 2.39 bits per heavy atom. The molecule has 0 saturated carbocycles. The maximum Gasteiger partial charge on any atom is 0.264 e. The van der Waals surface area contributed by atoms with E-state index in [9.17, 15) is 9.59 Å². The van der Waals surface area contributed by atoms with Crippen LogP contribution in [0.4, 0.5) is 0 Å². The Kier molecular flexibility index (Phi) is 4.89. The zero-order valence-electron chi connectivity index (χ0n) is 16.3. The molecule has 28 heavy (non-hydrogen) atoms. The molecule has 3 aromatic rings. The average Bonchev–Trinajstić information content (AvgIpc) is 3.36. The molecule has 0 radical (unpaired) electrons. The van der Waals surface area contributed by atoms with E-state index in [-0.39, 0.29) is 17.9 Å². The Balaban J connectivity index is 1.49. The normalized spacial score (nSPS) is 14.9. The zero-order chi connectivity index (χ0) is 19.8. The quantitative estimate of drug-likeness (QED) is 0.681. The van der Waals surface area contributed by atoms with Crippen LogP contribution in [0.3, 0.4) is 0 Å². The van der Waals surface area contributed by atoms with Gasteiger partial charge in [0.05, 0.1) is 22.3 Å². The van der Waals surface area contributed by atoms with Crippen molar-refractivity contribution in [2.75, 3.05) is 26.2 Å². The molecule has 0 atom stereocenters. The summed E-state index contributed by atoms with van der Waals surface area (Å²) in [4.78, 5) is 34.6. The molecule has 146 valence electrons. The molecule has 0 aromatic carbocycles. The van der Waals surface area contributed by atoms with Crippen LogP contribution in [0.15, 0.2) is 29.8 Å². The fourth-order valence-electron chi connectivity index (χ4n) is 3.50. The number of pyridine rings is 1. The van der Waals surface area contributed by atoms with Gasteiger partial charge in [0.25, 0.3) is 11.8 Å². The van der Waals surface area contributed by atoms with Gasteiger partial charge >= 0.3 is 0 Å². The highest BCUT2D eigenvalue weighted by molar-refractivity contribution is 7.12. The summed E-state index contributed by atoms with van der Waals surface area (Å²) in [6, 6.07) is 5.81. The second-order valence-corrected chi connectivity index (χ2v) is 8.23. The van der Waals surface area contributed by atoms with Crippen molar-refractivity contribution in [2.24, 2.45) is 0 Å². The van der Waals surface area contributed by atoms with Crippen molar-refractivity contribution < 1.29 is 9.59 Å². The lowest BCUT2D eigenvalue weighted by atomic mass is 10.1. The maximum atomic E-state index is 13.1. The van der Waals surface area contributed by atoms with Crippen molar-refractivity contribution in [2.45, 2.75) is 26.8 Å². The summed E-state index contributed by atoms with van der Waals surface area (Å²) in [6.45, 7) is 8.11. The molecule has 1 aliphatic heterocycles. The van der Waals surface area contributed by atoms with Crippen molar-refractivity contribution in [3.05, 3.63) is 45.9 Å². The summed E-state index contributed by atoms with van der Waals surface area (Å²) in [5, 5.41) is 7.16. The fraction of sp³-hybridized carbons (Fsp3) is 0.400. The number of piperazine rings is 1. The Labute approximate surface area is 167 Å². The minimum absolute atomic E-state index is 0.0348. The van der Waals surface area contributed by atoms with E-state index in [0.717, 1.165) is 15.9 Å². The van der Waals surface area contributed by atoms with Crippen LogP contribution >= 0.6 is 11.3 Å². The van der Waals surface area contributed by atoms with Crippen molar-refractivity contribution in [3.63, 3.8) is 0 Å². The number of hydrogen-bond donors (Lipinski definition) is 0. The highest BCUT2D eigenvalue weighted by atomic mass is 32.1. The van der Waals surface area contributed by atoms with Gasteiger partial charge < -0.3 is 9.80 Å². The first-order valence-electron chi connectivity index (χ1n) is 9.42. The number of fused-ring (bicyclic) bond motifs is 1. The monoisotopic (exact) mass is 397 g/mol. The molecule has 0 bridgehead atoms. The number of nitrogens with zero attached hydrogens (tertiary/aromatic N) is 5. The van der Waals surface area contributed by atoms with E-state index in [4.69, 9.17) is 0 Å². The van der Waals surface area contributed by atoms with E-state index in [2.05, 4.69) is 23.9 Å². The predicted molar refractivity (Wildman–Crippen MR) is 109 cm³/mol. The number of carbonyl (C=O) groups excluding carboxylic acids is 2. The third kappa shape index (κ3) is 3.28. The first-order chi connectivity index (χ1) is 13.5. The molecule has 0 unspecified atom stereocenters. The third-order valence-corrected chi connectivity index (χ3v) is 5.92. The lowest BCUT2D eigenvalue weighted by Crippen LogP contribution is -2.50. The maximum absolute atomic E-state index is 13.1. The summed E-state index contributed by atoms with van der Waals surface area (Å²) in [5.41, 5.74) is 2.11. The number of aryl methyl sites for hydroxylation is 1. The molecule has 4 rings (SSSR count). The van der Waals surface area contributed by atoms with E-state index in [1.807, 2.05) is 40.1 Å². The van der Waals surface area contributed by atoms with Crippen LogP contribution in [0.25, 0.3) is 11.0 Å². The van der Waals surface area contributed by atoms with Gasteiger partial charge in [0.15, 0.2) is 5.65 Å². The molecule has 4 heterocycles. The van der Waals surface area contributed by atoms with Crippen LogP contribution in [0.2, 0.25) is 0 Å². The highest BCUT2D eigenvalue weighted by Gasteiger charge is 2.27. The Bertz CT molecular complexity index is 1020. The van der Waals surface area contributed by atoms with Gasteiger partial charge in [-0.25, -0.2) is 9.67 Å². The summed E-state index contributed by atoms with van der Waals surface area (Å²) >= 11 is 1.45. The van der Waals surface area contributed by atoms with Crippen LogP contribution in [-0.2, 0) is 0 Å². The van der Waals surface area contributed by atoms with E-state index >= 15 is 0 Å². The standard InChI is InChI=1S/C20H23N5O2S/c1-13(2)25-18-15(12-21-25)11-16(14(3)22-18)19(26)23-6-8-24(9-7-23)20(27)17-5-4-10-28-17/h4-5,10-13H,6-9H2,1-3H3. The molecule has 8 heteroatoms. The third-order valence-electron chi connectivity index (χ3n) is 5.07. The topological polar surface area (TPSA) is 71.3 Å². The van der Waals surface area contributed by atoms with Gasteiger partial charge in [0.1, 0.15) is 0 Å². The summed E-state index contributed by atoms with van der Waals surface area (Å²) in [5.74, 6) is 0.00915. The van der Waals surface area contributed by atoms with Crippen molar-refractivity contribution in [1.82, 2.24) is 24.6 Å². The molecule has 1 aliphatic rings.